The second-order valence-corrected chi connectivity index (χ2v) is 7.41. The van der Waals surface area contributed by atoms with E-state index >= 15 is 0 Å². The number of thiophene rings is 1. The number of hydrogen-bond acceptors (Lipinski definition) is 5. The van der Waals surface area contributed by atoms with Crippen molar-refractivity contribution >= 4 is 21.4 Å². The highest BCUT2D eigenvalue weighted by molar-refractivity contribution is 7.89. The number of imidazole rings is 1. The van der Waals surface area contributed by atoms with E-state index in [9.17, 15) is 8.42 Å². The maximum atomic E-state index is 12.4. The van der Waals surface area contributed by atoms with Crippen LogP contribution >= 0.6 is 11.3 Å². The fraction of sp³-hybridized carbons (Fsp3) is 0.462. The highest BCUT2D eigenvalue weighted by Gasteiger charge is 2.22. The van der Waals surface area contributed by atoms with E-state index in [-0.39, 0.29) is 0 Å². The second-order valence-electron chi connectivity index (χ2n) is 4.74. The Morgan fingerprint density at radius 1 is 1.43 bits per heavy atom. The van der Waals surface area contributed by atoms with Gasteiger partial charge in [0.25, 0.3) is 0 Å². The highest BCUT2D eigenvalue weighted by Crippen LogP contribution is 2.26. The van der Waals surface area contributed by atoms with E-state index in [4.69, 9.17) is 0 Å². The largest absolute Gasteiger partial charge is 0.349 e. The molecule has 0 aliphatic carbocycles. The quantitative estimate of drug-likeness (QED) is 0.640. The first-order chi connectivity index (χ1) is 10.0. The molecule has 2 aromatic rings. The Balaban J connectivity index is 1.96. The topological polar surface area (TPSA) is 86.9 Å². The second kappa shape index (κ2) is 7.17. The normalized spacial score (nSPS) is 11.9. The van der Waals surface area contributed by atoms with Crippen LogP contribution in [0.5, 0.6) is 0 Å². The van der Waals surface area contributed by atoms with Crippen molar-refractivity contribution in [3.05, 3.63) is 34.0 Å². The summed E-state index contributed by atoms with van der Waals surface area (Å²) >= 11 is 1.47. The van der Waals surface area contributed by atoms with Crippen LogP contribution in [0.25, 0.3) is 0 Å². The molecule has 116 valence electrons. The predicted octanol–water partition coefficient (Wildman–Crippen LogP) is 1.41. The zero-order chi connectivity index (χ0) is 15.3. The van der Waals surface area contributed by atoms with Gasteiger partial charge < -0.3 is 10.3 Å². The molecule has 0 saturated heterocycles. The van der Waals surface area contributed by atoms with Crippen LogP contribution in [0, 0.1) is 6.92 Å². The summed E-state index contributed by atoms with van der Waals surface area (Å²) in [7, 11) is -1.64. The Hall–Kier alpha value is -1.22. The molecule has 0 spiro atoms. The molecule has 0 fully saturated rings. The summed E-state index contributed by atoms with van der Waals surface area (Å²) in [5.41, 5.74) is 0.795. The van der Waals surface area contributed by atoms with Crippen LogP contribution < -0.4 is 10.0 Å². The number of nitrogens with one attached hydrogen (secondary N) is 3. The van der Waals surface area contributed by atoms with E-state index in [1.165, 1.54) is 11.3 Å². The van der Waals surface area contributed by atoms with E-state index in [1.807, 2.05) is 19.4 Å². The van der Waals surface area contributed by atoms with E-state index in [0.29, 0.717) is 24.4 Å². The zero-order valence-corrected chi connectivity index (χ0v) is 13.8. The zero-order valence-electron chi connectivity index (χ0n) is 12.1. The summed E-state index contributed by atoms with van der Waals surface area (Å²) in [6, 6.07) is 0. The third-order valence-electron chi connectivity index (χ3n) is 3.03. The number of rotatable bonds is 8. The predicted molar refractivity (Wildman–Crippen MR) is 83.9 cm³/mol. The van der Waals surface area contributed by atoms with Gasteiger partial charge in [0.2, 0.25) is 10.0 Å². The lowest BCUT2D eigenvalue weighted by Crippen LogP contribution is -2.26. The Morgan fingerprint density at radius 2 is 2.24 bits per heavy atom. The lowest BCUT2D eigenvalue weighted by Gasteiger charge is -2.09. The molecular formula is C13H20N4O2S2. The van der Waals surface area contributed by atoms with E-state index in [0.717, 1.165) is 22.7 Å². The molecule has 21 heavy (non-hydrogen) atoms. The van der Waals surface area contributed by atoms with Crippen molar-refractivity contribution in [3.63, 3.8) is 0 Å². The van der Waals surface area contributed by atoms with Crippen molar-refractivity contribution in [1.82, 2.24) is 20.0 Å². The van der Waals surface area contributed by atoms with Crippen LogP contribution in [0.3, 0.4) is 0 Å². The van der Waals surface area contributed by atoms with Crippen molar-refractivity contribution in [1.29, 1.82) is 0 Å². The minimum absolute atomic E-state index is 0.400. The van der Waals surface area contributed by atoms with Gasteiger partial charge in [-0.3, -0.25) is 0 Å². The van der Waals surface area contributed by atoms with Gasteiger partial charge in [-0.25, -0.2) is 18.1 Å². The maximum Gasteiger partial charge on any atom is 0.241 e. The van der Waals surface area contributed by atoms with Gasteiger partial charge in [-0.05, 0) is 31.3 Å². The number of nitrogens with zero attached hydrogens (tertiary/aromatic N) is 1. The molecule has 0 aliphatic heterocycles. The van der Waals surface area contributed by atoms with Crippen LogP contribution in [0.4, 0.5) is 0 Å². The van der Waals surface area contributed by atoms with Crippen LogP contribution in [-0.4, -0.2) is 32.0 Å². The van der Waals surface area contributed by atoms with Crippen molar-refractivity contribution in [2.24, 2.45) is 0 Å². The van der Waals surface area contributed by atoms with Crippen LogP contribution in [0.15, 0.2) is 22.7 Å². The molecule has 0 saturated carbocycles. The molecule has 2 heterocycles. The van der Waals surface area contributed by atoms with Gasteiger partial charge in [0.1, 0.15) is 10.7 Å². The minimum Gasteiger partial charge on any atom is -0.349 e. The third-order valence-corrected chi connectivity index (χ3v) is 5.96. The molecule has 3 N–H and O–H groups in total. The molecule has 2 aromatic heterocycles. The van der Waals surface area contributed by atoms with Crippen molar-refractivity contribution in [3.8, 4) is 0 Å². The summed E-state index contributed by atoms with van der Waals surface area (Å²) in [4.78, 5) is 8.37. The molecule has 0 bridgehead atoms. The van der Waals surface area contributed by atoms with Gasteiger partial charge >= 0.3 is 0 Å². The molecule has 8 heteroatoms. The number of aryl methyl sites for hydroxylation is 2. The van der Waals surface area contributed by atoms with Crippen molar-refractivity contribution in [2.75, 3.05) is 13.6 Å². The Bertz CT molecular complexity index is 662. The average Bonchev–Trinajstić information content (AvgIpc) is 3.05. The number of hydrogen-bond donors (Lipinski definition) is 3. The monoisotopic (exact) mass is 328 g/mol. The molecular weight excluding hydrogens is 308 g/mol. The van der Waals surface area contributed by atoms with Gasteiger partial charge in [0, 0.05) is 36.8 Å². The number of sulfonamides is 1. The molecule has 6 nitrogen and oxygen atoms in total. The Morgan fingerprint density at radius 3 is 2.90 bits per heavy atom. The first-order valence-electron chi connectivity index (χ1n) is 6.74. The molecule has 0 amide bonds. The summed E-state index contributed by atoms with van der Waals surface area (Å²) in [5, 5.41) is 4.88. The minimum atomic E-state index is -3.45. The standard InChI is InChI=1S/C13H20N4O2S2/c1-10-9-20-11(8-14-2)13(10)21(18,19)17-5-3-4-12-15-6-7-16-12/h6-7,9,14,17H,3-5,8H2,1-2H3,(H,15,16). The fourth-order valence-corrected chi connectivity index (χ4v) is 4.99. The Kier molecular flexibility index (Phi) is 5.51. The van der Waals surface area contributed by atoms with Crippen molar-refractivity contribution < 1.29 is 8.42 Å². The summed E-state index contributed by atoms with van der Waals surface area (Å²) < 4.78 is 27.5. The first kappa shape index (κ1) is 16.2. The van der Waals surface area contributed by atoms with Crippen LogP contribution in [0.1, 0.15) is 22.7 Å². The van der Waals surface area contributed by atoms with Crippen molar-refractivity contribution in [2.45, 2.75) is 31.2 Å². The lowest BCUT2D eigenvalue weighted by atomic mass is 10.3. The number of aromatic amines is 1. The van der Waals surface area contributed by atoms with E-state index in [2.05, 4.69) is 20.0 Å². The average molecular weight is 328 g/mol. The van der Waals surface area contributed by atoms with Crippen LogP contribution in [0.2, 0.25) is 0 Å². The smallest absolute Gasteiger partial charge is 0.241 e. The van der Waals surface area contributed by atoms with Gasteiger partial charge in [-0.1, -0.05) is 0 Å². The van der Waals surface area contributed by atoms with Gasteiger partial charge in [-0.15, -0.1) is 11.3 Å². The van der Waals surface area contributed by atoms with Gasteiger partial charge in [0.15, 0.2) is 0 Å². The van der Waals surface area contributed by atoms with Gasteiger partial charge in [-0.2, -0.15) is 0 Å². The maximum absolute atomic E-state index is 12.4. The summed E-state index contributed by atoms with van der Waals surface area (Å²) in [6.07, 6.45) is 4.88. The van der Waals surface area contributed by atoms with E-state index in [1.54, 1.807) is 12.4 Å². The fourth-order valence-electron chi connectivity index (χ4n) is 2.10. The number of H-pyrrole nitrogens is 1. The molecule has 0 aliphatic rings. The summed E-state index contributed by atoms with van der Waals surface area (Å²) in [6.45, 7) is 2.78. The molecule has 0 aromatic carbocycles. The van der Waals surface area contributed by atoms with E-state index < -0.39 is 10.0 Å². The SMILES string of the molecule is CNCc1scc(C)c1S(=O)(=O)NCCCc1ncc[nH]1. The highest BCUT2D eigenvalue weighted by atomic mass is 32.2. The first-order valence-corrected chi connectivity index (χ1v) is 9.10. The Labute approximate surface area is 129 Å². The molecule has 0 atom stereocenters. The molecule has 0 radical (unpaired) electrons. The van der Waals surface area contributed by atoms with Gasteiger partial charge in [0.05, 0.1) is 0 Å². The van der Waals surface area contributed by atoms with Crippen LogP contribution in [-0.2, 0) is 23.0 Å². The summed E-state index contributed by atoms with van der Waals surface area (Å²) in [5.74, 6) is 0.872. The third kappa shape index (κ3) is 4.13. The molecule has 2 rings (SSSR count). The molecule has 0 unspecified atom stereocenters. The lowest BCUT2D eigenvalue weighted by molar-refractivity contribution is 0.576. The number of aromatic nitrogens is 2.